The molecule has 0 fully saturated rings. The van der Waals surface area contributed by atoms with Crippen molar-refractivity contribution < 1.29 is 27.8 Å². The molecule has 0 aliphatic rings. The van der Waals surface area contributed by atoms with Crippen LogP contribution in [0.25, 0.3) is 0 Å². The fourth-order valence-corrected chi connectivity index (χ4v) is 2.19. The molecule has 0 N–H and O–H groups in total. The lowest BCUT2D eigenvalue weighted by molar-refractivity contribution is -0.0498. The minimum atomic E-state index is -2.93. The summed E-state index contributed by atoms with van der Waals surface area (Å²) in [6.07, 6.45) is 0. The van der Waals surface area contributed by atoms with Gasteiger partial charge in [-0.05, 0) is 52.3 Å². The molecule has 2 aromatic rings. The van der Waals surface area contributed by atoms with Crippen molar-refractivity contribution in [2.75, 3.05) is 6.61 Å². The molecule has 0 spiro atoms. The fraction of sp³-hybridized carbons (Fsp3) is 0.125. The topological polar surface area (TPSA) is 52.6 Å². The summed E-state index contributed by atoms with van der Waals surface area (Å²) in [5, 5.41) is 0. The molecule has 4 nitrogen and oxygen atoms in total. The highest BCUT2D eigenvalue weighted by Crippen LogP contribution is 2.18. The molecule has 0 amide bonds. The predicted octanol–water partition coefficient (Wildman–Crippen LogP) is 4.09. The second-order valence-corrected chi connectivity index (χ2v) is 5.24. The summed E-state index contributed by atoms with van der Waals surface area (Å²) in [6.45, 7) is -3.38. The molecule has 0 aromatic heterocycles. The second kappa shape index (κ2) is 7.82. The molecule has 2 aromatic carbocycles. The fourth-order valence-electron chi connectivity index (χ4n) is 1.74. The maximum absolute atomic E-state index is 12.0. The number of hydrogen-bond acceptors (Lipinski definition) is 4. The van der Waals surface area contributed by atoms with Crippen molar-refractivity contribution in [2.45, 2.75) is 6.61 Å². The van der Waals surface area contributed by atoms with Gasteiger partial charge < -0.3 is 9.47 Å². The van der Waals surface area contributed by atoms with E-state index in [0.29, 0.717) is 10.0 Å². The molecule has 0 atom stereocenters. The summed E-state index contributed by atoms with van der Waals surface area (Å²) >= 11 is 3.22. The zero-order chi connectivity index (χ0) is 16.8. The zero-order valence-electron chi connectivity index (χ0n) is 11.7. The lowest BCUT2D eigenvalue weighted by Gasteiger charge is -2.07. The van der Waals surface area contributed by atoms with Crippen LogP contribution in [0.4, 0.5) is 8.78 Å². The molecule has 120 valence electrons. The summed E-state index contributed by atoms with van der Waals surface area (Å²) in [6, 6.07) is 11.8. The van der Waals surface area contributed by atoms with Crippen molar-refractivity contribution in [1.29, 1.82) is 0 Å². The average Bonchev–Trinajstić information content (AvgIpc) is 2.53. The summed E-state index contributed by atoms with van der Waals surface area (Å²) in [5.41, 5.74) is 0.535. The largest absolute Gasteiger partial charge is 0.454 e. The van der Waals surface area contributed by atoms with E-state index in [1.807, 2.05) is 0 Å². The van der Waals surface area contributed by atoms with Crippen LogP contribution in [0.2, 0.25) is 0 Å². The monoisotopic (exact) mass is 384 g/mol. The average molecular weight is 385 g/mol. The molecule has 0 aliphatic heterocycles. The van der Waals surface area contributed by atoms with Crippen LogP contribution in [-0.4, -0.2) is 25.0 Å². The molecule has 0 saturated heterocycles. The lowest BCUT2D eigenvalue weighted by Crippen LogP contribution is -2.14. The Kier molecular flexibility index (Phi) is 5.81. The molecule has 0 aliphatic carbocycles. The van der Waals surface area contributed by atoms with Crippen molar-refractivity contribution in [3.05, 3.63) is 64.1 Å². The molecular formula is C16H11BrF2O4. The van der Waals surface area contributed by atoms with Crippen LogP contribution in [0.1, 0.15) is 20.7 Å². The Labute approximate surface area is 139 Å². The van der Waals surface area contributed by atoms with Crippen molar-refractivity contribution in [2.24, 2.45) is 0 Å². The summed E-state index contributed by atoms with van der Waals surface area (Å²) in [5.74, 6) is -1.14. The van der Waals surface area contributed by atoms with Crippen LogP contribution < -0.4 is 4.74 Å². The van der Waals surface area contributed by atoms with E-state index >= 15 is 0 Å². The second-order valence-electron chi connectivity index (χ2n) is 4.38. The number of ketones is 1. The highest BCUT2D eigenvalue weighted by Gasteiger charge is 2.14. The lowest BCUT2D eigenvalue weighted by atomic mass is 10.1. The van der Waals surface area contributed by atoms with E-state index in [-0.39, 0.29) is 11.3 Å². The predicted molar refractivity (Wildman–Crippen MR) is 81.8 cm³/mol. The summed E-state index contributed by atoms with van der Waals surface area (Å²) in [4.78, 5) is 23.8. The van der Waals surface area contributed by atoms with E-state index in [0.717, 1.165) is 0 Å². The first-order valence-electron chi connectivity index (χ1n) is 6.47. The summed E-state index contributed by atoms with van der Waals surface area (Å²) < 4.78 is 33.8. The SMILES string of the molecule is O=C(COC(=O)c1ccccc1Br)c1ccc(OC(F)F)cc1. The highest BCUT2D eigenvalue weighted by molar-refractivity contribution is 9.10. The third-order valence-electron chi connectivity index (χ3n) is 2.83. The summed E-state index contributed by atoms with van der Waals surface area (Å²) in [7, 11) is 0. The minimum Gasteiger partial charge on any atom is -0.454 e. The molecule has 0 heterocycles. The molecule has 0 radical (unpaired) electrons. The third kappa shape index (κ3) is 4.85. The number of esters is 1. The number of benzene rings is 2. The maximum Gasteiger partial charge on any atom is 0.387 e. The number of alkyl halides is 2. The molecule has 0 saturated carbocycles. The first-order valence-corrected chi connectivity index (χ1v) is 7.26. The Morgan fingerprint density at radius 2 is 1.70 bits per heavy atom. The Morgan fingerprint density at radius 1 is 1.04 bits per heavy atom. The van der Waals surface area contributed by atoms with E-state index in [4.69, 9.17) is 4.74 Å². The quantitative estimate of drug-likeness (QED) is 0.555. The first kappa shape index (κ1) is 17.1. The van der Waals surface area contributed by atoms with Crippen molar-refractivity contribution >= 4 is 27.7 Å². The Hall–Kier alpha value is -2.28. The minimum absolute atomic E-state index is 0.0539. The van der Waals surface area contributed by atoms with Gasteiger partial charge in [0.15, 0.2) is 12.4 Å². The van der Waals surface area contributed by atoms with Crippen LogP contribution in [0.15, 0.2) is 53.0 Å². The van der Waals surface area contributed by atoms with Gasteiger partial charge in [0.25, 0.3) is 0 Å². The zero-order valence-corrected chi connectivity index (χ0v) is 13.3. The van der Waals surface area contributed by atoms with Gasteiger partial charge in [0.1, 0.15) is 5.75 Å². The van der Waals surface area contributed by atoms with Gasteiger partial charge in [0.05, 0.1) is 5.56 Å². The highest BCUT2D eigenvalue weighted by atomic mass is 79.9. The van der Waals surface area contributed by atoms with Crippen molar-refractivity contribution in [3.63, 3.8) is 0 Å². The normalized spacial score (nSPS) is 10.4. The number of carbonyl (C=O) groups is 2. The van der Waals surface area contributed by atoms with E-state index < -0.39 is 25.0 Å². The molecule has 0 unspecified atom stereocenters. The van der Waals surface area contributed by atoms with Gasteiger partial charge >= 0.3 is 12.6 Å². The van der Waals surface area contributed by atoms with Crippen molar-refractivity contribution in [3.8, 4) is 5.75 Å². The number of hydrogen-bond donors (Lipinski definition) is 0. The smallest absolute Gasteiger partial charge is 0.387 e. The Balaban J connectivity index is 1.94. The van der Waals surface area contributed by atoms with E-state index in [9.17, 15) is 18.4 Å². The van der Waals surface area contributed by atoms with Crippen LogP contribution in [0.5, 0.6) is 5.75 Å². The molecule has 7 heteroatoms. The molecular weight excluding hydrogens is 374 g/mol. The van der Waals surface area contributed by atoms with E-state index in [2.05, 4.69) is 20.7 Å². The van der Waals surface area contributed by atoms with Gasteiger partial charge in [0, 0.05) is 10.0 Å². The van der Waals surface area contributed by atoms with Gasteiger partial charge in [-0.3, -0.25) is 4.79 Å². The number of ether oxygens (including phenoxy) is 2. The van der Waals surface area contributed by atoms with Gasteiger partial charge in [-0.25, -0.2) is 4.79 Å². The number of Topliss-reactive ketones (excluding diaryl/α,β-unsaturated/α-hetero) is 1. The van der Waals surface area contributed by atoms with Crippen LogP contribution in [0, 0.1) is 0 Å². The van der Waals surface area contributed by atoms with E-state index in [1.165, 1.54) is 24.3 Å². The van der Waals surface area contributed by atoms with Crippen LogP contribution in [-0.2, 0) is 4.74 Å². The van der Waals surface area contributed by atoms with Crippen LogP contribution in [0.3, 0.4) is 0 Å². The maximum atomic E-state index is 12.0. The molecule has 2 rings (SSSR count). The first-order chi connectivity index (χ1) is 11.0. The Morgan fingerprint density at radius 3 is 2.30 bits per heavy atom. The third-order valence-corrected chi connectivity index (χ3v) is 3.52. The van der Waals surface area contributed by atoms with Gasteiger partial charge in [-0.15, -0.1) is 0 Å². The standard InChI is InChI=1S/C16H11BrF2O4/c17-13-4-2-1-3-12(13)15(21)22-9-14(20)10-5-7-11(8-6-10)23-16(18)19/h1-8,16H,9H2. The molecule has 23 heavy (non-hydrogen) atoms. The van der Waals surface area contributed by atoms with Gasteiger partial charge in [-0.2, -0.15) is 8.78 Å². The van der Waals surface area contributed by atoms with E-state index in [1.54, 1.807) is 24.3 Å². The van der Waals surface area contributed by atoms with Crippen molar-refractivity contribution in [1.82, 2.24) is 0 Å². The van der Waals surface area contributed by atoms with Gasteiger partial charge in [-0.1, -0.05) is 12.1 Å². The number of rotatable bonds is 6. The van der Waals surface area contributed by atoms with Crippen LogP contribution >= 0.6 is 15.9 Å². The van der Waals surface area contributed by atoms with Gasteiger partial charge in [0.2, 0.25) is 0 Å². The number of halogens is 3. The number of carbonyl (C=O) groups excluding carboxylic acids is 2. The molecule has 0 bridgehead atoms. The Bertz CT molecular complexity index is 701.